The Labute approximate surface area is 175 Å². The molecule has 3 N–H and O–H groups in total. The van der Waals surface area contributed by atoms with Crippen LogP contribution in [-0.2, 0) is 14.8 Å². The molecule has 0 atom stereocenters. The van der Waals surface area contributed by atoms with Gasteiger partial charge in [-0.2, -0.15) is 5.26 Å². The van der Waals surface area contributed by atoms with Gasteiger partial charge in [-0.25, -0.2) is 13.1 Å². The molecule has 10 heteroatoms. The van der Waals surface area contributed by atoms with E-state index in [2.05, 4.69) is 15.4 Å². The van der Waals surface area contributed by atoms with Crippen LogP contribution in [0.2, 0.25) is 0 Å². The van der Waals surface area contributed by atoms with E-state index < -0.39 is 15.9 Å². The number of carbonyl (C=O) groups excluding carboxylic acids is 2. The number of hydrogen-bond acceptors (Lipinski definition) is 6. The summed E-state index contributed by atoms with van der Waals surface area (Å²) >= 11 is 0. The third-order valence-electron chi connectivity index (χ3n) is 3.81. The lowest BCUT2D eigenvalue weighted by molar-refractivity contribution is -0.122. The van der Waals surface area contributed by atoms with Crippen LogP contribution in [0.25, 0.3) is 0 Å². The Morgan fingerprint density at radius 1 is 1.07 bits per heavy atom. The number of ether oxygens (including phenoxy) is 1. The smallest absolute Gasteiger partial charge is 0.257 e. The van der Waals surface area contributed by atoms with Crippen molar-refractivity contribution in [1.82, 2.24) is 10.0 Å². The average molecular weight is 430 g/mol. The van der Waals surface area contributed by atoms with Gasteiger partial charge in [0.15, 0.2) is 6.61 Å². The van der Waals surface area contributed by atoms with E-state index in [0.717, 1.165) is 0 Å². The Balaban J connectivity index is 1.94. The molecule has 0 heterocycles. The summed E-state index contributed by atoms with van der Waals surface area (Å²) in [5.74, 6) is -0.148. The fourth-order valence-corrected chi connectivity index (χ4v) is 3.38. The van der Waals surface area contributed by atoms with Crippen LogP contribution < -0.4 is 20.1 Å². The van der Waals surface area contributed by atoms with Gasteiger partial charge in [-0.1, -0.05) is 0 Å². The predicted molar refractivity (Wildman–Crippen MR) is 110 cm³/mol. The first-order valence-electron chi connectivity index (χ1n) is 9.13. The van der Waals surface area contributed by atoms with Crippen molar-refractivity contribution in [2.24, 2.45) is 0 Å². The number of nitriles is 1. The minimum absolute atomic E-state index is 0.00519. The van der Waals surface area contributed by atoms with Crippen molar-refractivity contribution in [3.8, 4) is 11.8 Å². The second-order valence-electron chi connectivity index (χ2n) is 6.05. The van der Waals surface area contributed by atoms with Crippen LogP contribution in [0.1, 0.15) is 23.7 Å². The van der Waals surface area contributed by atoms with Crippen molar-refractivity contribution < 1.29 is 22.7 Å². The highest BCUT2D eigenvalue weighted by Gasteiger charge is 2.14. The standard InChI is InChI=1S/C20H22N4O5S/c1-2-22-19(25)14-29-17-8-6-16(7-9-17)24-20(26)15-4-10-18(11-5-15)30(27,28)23-13-3-12-21/h4-11,23H,2-3,13-14H2,1H3,(H,22,25)(H,24,26). The fourth-order valence-electron chi connectivity index (χ4n) is 2.34. The predicted octanol–water partition coefficient (Wildman–Crippen LogP) is 1.65. The lowest BCUT2D eigenvalue weighted by Gasteiger charge is -2.09. The first kappa shape index (κ1) is 22.9. The van der Waals surface area contributed by atoms with Crippen LogP contribution in [-0.4, -0.2) is 39.9 Å². The molecule has 0 aromatic heterocycles. The van der Waals surface area contributed by atoms with E-state index in [1.165, 1.54) is 24.3 Å². The van der Waals surface area contributed by atoms with Gasteiger partial charge in [0.25, 0.3) is 11.8 Å². The van der Waals surface area contributed by atoms with Crippen LogP contribution in [0.3, 0.4) is 0 Å². The number of hydrogen-bond donors (Lipinski definition) is 3. The maximum absolute atomic E-state index is 12.4. The van der Waals surface area contributed by atoms with Gasteiger partial charge in [0.1, 0.15) is 5.75 Å². The number of nitrogens with zero attached hydrogens (tertiary/aromatic N) is 1. The first-order chi connectivity index (χ1) is 14.4. The zero-order valence-corrected chi connectivity index (χ0v) is 17.2. The Hall–Kier alpha value is -3.42. The van der Waals surface area contributed by atoms with Gasteiger partial charge >= 0.3 is 0 Å². The van der Waals surface area contributed by atoms with Gasteiger partial charge < -0.3 is 15.4 Å². The van der Waals surface area contributed by atoms with Gasteiger partial charge in [0.2, 0.25) is 10.0 Å². The molecule has 0 radical (unpaired) electrons. The second-order valence-corrected chi connectivity index (χ2v) is 7.82. The molecule has 158 valence electrons. The van der Waals surface area contributed by atoms with E-state index >= 15 is 0 Å². The normalized spacial score (nSPS) is 10.7. The molecule has 0 aliphatic rings. The molecule has 9 nitrogen and oxygen atoms in total. The third-order valence-corrected chi connectivity index (χ3v) is 5.29. The number of rotatable bonds is 10. The first-order valence-corrected chi connectivity index (χ1v) is 10.6. The average Bonchev–Trinajstić information content (AvgIpc) is 2.73. The molecule has 0 fully saturated rings. The molecule has 0 bridgehead atoms. The Bertz CT molecular complexity index is 1010. The van der Waals surface area contributed by atoms with Crippen LogP contribution in [0.5, 0.6) is 5.75 Å². The molecule has 2 rings (SSSR count). The molecule has 2 aromatic rings. The van der Waals surface area contributed by atoms with Crippen molar-refractivity contribution in [1.29, 1.82) is 5.26 Å². The highest BCUT2D eigenvalue weighted by atomic mass is 32.2. The molecule has 30 heavy (non-hydrogen) atoms. The minimum Gasteiger partial charge on any atom is -0.484 e. The van der Waals surface area contributed by atoms with Gasteiger partial charge in [-0.3, -0.25) is 9.59 Å². The summed E-state index contributed by atoms with van der Waals surface area (Å²) in [6.07, 6.45) is 0.0650. The summed E-state index contributed by atoms with van der Waals surface area (Å²) in [7, 11) is -3.73. The number of nitrogens with one attached hydrogen (secondary N) is 3. The molecule has 0 aliphatic carbocycles. The number of anilines is 1. The molecule has 0 unspecified atom stereocenters. The summed E-state index contributed by atoms with van der Waals surface area (Å²) < 4.78 is 31.8. The maximum atomic E-state index is 12.4. The summed E-state index contributed by atoms with van der Waals surface area (Å²) in [6, 6.07) is 13.8. The Morgan fingerprint density at radius 3 is 2.33 bits per heavy atom. The zero-order valence-electron chi connectivity index (χ0n) is 16.3. The highest BCUT2D eigenvalue weighted by molar-refractivity contribution is 7.89. The van der Waals surface area contributed by atoms with Gasteiger partial charge in [-0.15, -0.1) is 0 Å². The van der Waals surface area contributed by atoms with E-state index in [4.69, 9.17) is 10.00 Å². The second kappa shape index (κ2) is 10.9. The summed E-state index contributed by atoms with van der Waals surface area (Å²) in [4.78, 5) is 23.8. The minimum atomic E-state index is -3.73. The van der Waals surface area contributed by atoms with Crippen LogP contribution >= 0.6 is 0 Å². The molecule has 0 saturated carbocycles. The molecular weight excluding hydrogens is 408 g/mol. The van der Waals surface area contributed by atoms with Crippen molar-refractivity contribution in [2.45, 2.75) is 18.2 Å². The van der Waals surface area contributed by atoms with Gasteiger partial charge in [-0.05, 0) is 55.5 Å². The highest BCUT2D eigenvalue weighted by Crippen LogP contribution is 2.17. The fraction of sp³-hybridized carbons (Fsp3) is 0.250. The van der Waals surface area contributed by atoms with E-state index in [-0.39, 0.29) is 35.9 Å². The van der Waals surface area contributed by atoms with Gasteiger partial charge in [0, 0.05) is 30.8 Å². The number of benzene rings is 2. The molecule has 2 amide bonds. The Kier molecular flexibility index (Phi) is 8.34. The van der Waals surface area contributed by atoms with Crippen molar-refractivity contribution in [3.05, 3.63) is 54.1 Å². The van der Waals surface area contributed by atoms with E-state index in [1.54, 1.807) is 24.3 Å². The summed E-state index contributed by atoms with van der Waals surface area (Å²) in [5, 5.41) is 13.8. The van der Waals surface area contributed by atoms with Crippen LogP contribution in [0, 0.1) is 11.3 Å². The third kappa shape index (κ3) is 6.88. The number of sulfonamides is 1. The lowest BCUT2D eigenvalue weighted by atomic mass is 10.2. The van der Waals surface area contributed by atoms with Crippen molar-refractivity contribution in [2.75, 3.05) is 25.0 Å². The zero-order chi connectivity index (χ0) is 22.0. The van der Waals surface area contributed by atoms with Gasteiger partial charge in [0.05, 0.1) is 11.0 Å². The summed E-state index contributed by atoms with van der Waals surface area (Å²) in [6.45, 7) is 2.26. The largest absolute Gasteiger partial charge is 0.484 e. The molecule has 0 spiro atoms. The molecular formula is C20H22N4O5S. The van der Waals surface area contributed by atoms with E-state index in [1.807, 2.05) is 13.0 Å². The topological polar surface area (TPSA) is 137 Å². The van der Waals surface area contributed by atoms with E-state index in [9.17, 15) is 18.0 Å². The number of likely N-dealkylation sites (N-methyl/N-ethyl adjacent to an activating group) is 1. The van der Waals surface area contributed by atoms with Crippen LogP contribution in [0.15, 0.2) is 53.4 Å². The number of amides is 2. The Morgan fingerprint density at radius 2 is 1.73 bits per heavy atom. The monoisotopic (exact) mass is 430 g/mol. The van der Waals surface area contributed by atoms with Crippen molar-refractivity contribution >= 4 is 27.5 Å². The maximum Gasteiger partial charge on any atom is 0.257 e. The molecule has 0 saturated heterocycles. The van der Waals surface area contributed by atoms with E-state index in [0.29, 0.717) is 18.0 Å². The summed E-state index contributed by atoms with van der Waals surface area (Å²) in [5.41, 5.74) is 0.794. The molecule has 0 aliphatic heterocycles. The lowest BCUT2D eigenvalue weighted by Crippen LogP contribution is -2.28. The van der Waals surface area contributed by atoms with Crippen LogP contribution in [0.4, 0.5) is 5.69 Å². The quantitative estimate of drug-likeness (QED) is 0.490. The number of carbonyl (C=O) groups is 2. The molecule has 2 aromatic carbocycles. The van der Waals surface area contributed by atoms with Crippen molar-refractivity contribution in [3.63, 3.8) is 0 Å². The SMILES string of the molecule is CCNC(=O)COc1ccc(NC(=O)c2ccc(S(=O)(=O)NCCC#N)cc2)cc1.